The Labute approximate surface area is 104 Å². The zero-order chi connectivity index (χ0) is 13.1. The van der Waals surface area contributed by atoms with Gasteiger partial charge in [0.1, 0.15) is 5.75 Å². The Bertz CT molecular complexity index is 357. The predicted molar refractivity (Wildman–Crippen MR) is 69.0 cm³/mol. The minimum atomic E-state index is -0.480. The lowest BCUT2D eigenvalue weighted by Gasteiger charge is -2.29. The highest BCUT2D eigenvalue weighted by atomic mass is 16.5. The number of hydrogen-bond acceptors (Lipinski definition) is 3. The molecule has 1 rings (SSSR count). The Hall–Kier alpha value is -1.09. The van der Waals surface area contributed by atoms with Crippen molar-refractivity contribution in [3.05, 3.63) is 24.0 Å². The largest absolute Gasteiger partial charge is 0.495 e. The molecule has 2 unspecified atom stereocenters. The lowest BCUT2D eigenvalue weighted by Crippen LogP contribution is -2.19. The first-order valence-electron chi connectivity index (χ1n) is 6.01. The van der Waals surface area contributed by atoms with E-state index in [0.29, 0.717) is 11.7 Å². The molecule has 0 amide bonds. The maximum absolute atomic E-state index is 10.2. The summed E-state index contributed by atoms with van der Waals surface area (Å²) in [7, 11) is 1.60. The van der Waals surface area contributed by atoms with Crippen LogP contribution in [0, 0.1) is 11.3 Å². The molecule has 0 fully saturated rings. The lowest BCUT2D eigenvalue weighted by atomic mass is 9.78. The first kappa shape index (κ1) is 14.0. The topological polar surface area (TPSA) is 42.4 Å². The second-order valence-corrected chi connectivity index (χ2v) is 5.68. The van der Waals surface area contributed by atoms with Gasteiger partial charge in [0, 0.05) is 11.8 Å². The first-order chi connectivity index (χ1) is 7.84. The van der Waals surface area contributed by atoms with Crippen LogP contribution in [0.4, 0.5) is 0 Å². The van der Waals surface area contributed by atoms with Crippen LogP contribution < -0.4 is 4.74 Å². The molecule has 1 aromatic rings. The second-order valence-electron chi connectivity index (χ2n) is 5.68. The molecule has 0 saturated heterocycles. The Kier molecular flexibility index (Phi) is 4.52. The minimum absolute atomic E-state index is 0.202. The highest BCUT2D eigenvalue weighted by Gasteiger charge is 2.23. The van der Waals surface area contributed by atoms with Gasteiger partial charge in [-0.3, -0.25) is 4.98 Å². The minimum Gasteiger partial charge on any atom is -0.495 e. The average Bonchev–Trinajstić information content (AvgIpc) is 2.27. The molecule has 0 aliphatic rings. The van der Waals surface area contributed by atoms with Gasteiger partial charge < -0.3 is 9.84 Å². The molecule has 0 radical (unpaired) electrons. The number of aromatic nitrogens is 1. The van der Waals surface area contributed by atoms with Crippen molar-refractivity contribution < 1.29 is 9.84 Å². The zero-order valence-corrected chi connectivity index (χ0v) is 11.4. The van der Waals surface area contributed by atoms with Crippen LogP contribution in [0.25, 0.3) is 0 Å². The van der Waals surface area contributed by atoms with Crippen LogP contribution in [0.3, 0.4) is 0 Å². The molecular formula is C14H23NO2. The van der Waals surface area contributed by atoms with Gasteiger partial charge in [-0.05, 0) is 23.8 Å². The Morgan fingerprint density at radius 2 is 2.00 bits per heavy atom. The summed E-state index contributed by atoms with van der Waals surface area (Å²) < 4.78 is 5.10. The Morgan fingerprint density at radius 3 is 2.53 bits per heavy atom. The van der Waals surface area contributed by atoms with E-state index in [9.17, 15) is 5.11 Å². The first-order valence-corrected chi connectivity index (χ1v) is 6.01. The summed E-state index contributed by atoms with van der Waals surface area (Å²) in [6, 6.07) is 1.84. The smallest absolute Gasteiger partial charge is 0.137 e. The number of aliphatic hydroxyl groups is 1. The summed E-state index contributed by atoms with van der Waals surface area (Å²) in [4.78, 5) is 4.06. The van der Waals surface area contributed by atoms with Gasteiger partial charge in [-0.1, -0.05) is 27.7 Å². The van der Waals surface area contributed by atoms with Crippen molar-refractivity contribution in [1.82, 2.24) is 4.98 Å². The van der Waals surface area contributed by atoms with Gasteiger partial charge in [-0.25, -0.2) is 0 Å². The fraction of sp³-hybridized carbons (Fsp3) is 0.643. The molecule has 0 spiro atoms. The van der Waals surface area contributed by atoms with Gasteiger partial charge >= 0.3 is 0 Å². The molecule has 0 aromatic carbocycles. The quantitative estimate of drug-likeness (QED) is 0.874. The summed E-state index contributed by atoms with van der Waals surface area (Å²) in [5.74, 6) is 1.12. The molecule has 0 bridgehead atoms. The van der Waals surface area contributed by atoms with E-state index in [2.05, 4.69) is 32.7 Å². The van der Waals surface area contributed by atoms with E-state index < -0.39 is 6.10 Å². The Balaban J connectivity index is 2.72. The highest BCUT2D eigenvalue weighted by molar-refractivity contribution is 5.25. The van der Waals surface area contributed by atoms with Gasteiger partial charge in [0.2, 0.25) is 0 Å². The molecule has 3 nitrogen and oxygen atoms in total. The van der Waals surface area contributed by atoms with E-state index in [4.69, 9.17) is 4.74 Å². The zero-order valence-electron chi connectivity index (χ0n) is 11.4. The standard InChI is InChI=1S/C14H23NO2/c1-10(14(2,3)4)6-13(16)11-7-12(17-5)9-15-8-11/h7-10,13,16H,6H2,1-5H3. The normalized spacial score (nSPS) is 15.4. The highest BCUT2D eigenvalue weighted by Crippen LogP contribution is 2.33. The summed E-state index contributed by atoms with van der Waals surface area (Å²) in [5.41, 5.74) is 1.02. The van der Waals surface area contributed by atoms with E-state index in [0.717, 1.165) is 12.0 Å². The van der Waals surface area contributed by atoms with Crippen LogP contribution in [-0.2, 0) is 0 Å². The van der Waals surface area contributed by atoms with Crippen molar-refractivity contribution in [1.29, 1.82) is 0 Å². The summed E-state index contributed by atoms with van der Waals surface area (Å²) >= 11 is 0. The molecule has 1 heterocycles. The molecular weight excluding hydrogens is 214 g/mol. The van der Waals surface area contributed by atoms with Gasteiger partial charge in [0.15, 0.2) is 0 Å². The molecule has 0 aliphatic carbocycles. The van der Waals surface area contributed by atoms with Crippen molar-refractivity contribution >= 4 is 0 Å². The van der Waals surface area contributed by atoms with Gasteiger partial charge in [-0.15, -0.1) is 0 Å². The number of aliphatic hydroxyl groups excluding tert-OH is 1. The third kappa shape index (κ3) is 4.00. The monoisotopic (exact) mass is 237 g/mol. The van der Waals surface area contributed by atoms with Crippen molar-refractivity contribution in [2.45, 2.75) is 40.2 Å². The van der Waals surface area contributed by atoms with Crippen LogP contribution in [-0.4, -0.2) is 17.2 Å². The fourth-order valence-corrected chi connectivity index (χ4v) is 1.55. The Morgan fingerprint density at radius 1 is 1.35 bits per heavy atom. The maximum Gasteiger partial charge on any atom is 0.137 e. The lowest BCUT2D eigenvalue weighted by molar-refractivity contribution is 0.110. The van der Waals surface area contributed by atoms with Crippen LogP contribution >= 0.6 is 0 Å². The average molecular weight is 237 g/mol. The van der Waals surface area contributed by atoms with Crippen LogP contribution in [0.15, 0.2) is 18.5 Å². The van der Waals surface area contributed by atoms with Crippen LogP contribution in [0.2, 0.25) is 0 Å². The SMILES string of the molecule is COc1cncc(C(O)CC(C)C(C)(C)C)c1. The van der Waals surface area contributed by atoms with Crippen molar-refractivity contribution in [3.63, 3.8) is 0 Å². The number of rotatable bonds is 4. The van der Waals surface area contributed by atoms with Crippen LogP contribution in [0.1, 0.15) is 45.8 Å². The van der Waals surface area contributed by atoms with Gasteiger partial charge in [0.05, 0.1) is 19.4 Å². The molecule has 0 saturated carbocycles. The summed E-state index contributed by atoms with van der Waals surface area (Å²) in [6.07, 6.45) is 3.59. The van der Waals surface area contributed by atoms with Crippen molar-refractivity contribution in [2.75, 3.05) is 7.11 Å². The number of ether oxygens (including phenoxy) is 1. The van der Waals surface area contributed by atoms with E-state index >= 15 is 0 Å². The van der Waals surface area contributed by atoms with Crippen molar-refractivity contribution in [3.8, 4) is 5.75 Å². The van der Waals surface area contributed by atoms with E-state index in [1.807, 2.05) is 6.07 Å². The van der Waals surface area contributed by atoms with Gasteiger partial charge in [0.25, 0.3) is 0 Å². The number of nitrogens with zero attached hydrogens (tertiary/aromatic N) is 1. The molecule has 0 aliphatic heterocycles. The van der Waals surface area contributed by atoms with E-state index in [-0.39, 0.29) is 5.41 Å². The molecule has 3 heteroatoms. The van der Waals surface area contributed by atoms with Gasteiger partial charge in [-0.2, -0.15) is 0 Å². The second kappa shape index (κ2) is 5.50. The number of hydrogen-bond donors (Lipinski definition) is 1. The molecule has 1 aromatic heterocycles. The van der Waals surface area contributed by atoms with E-state index in [1.165, 1.54) is 0 Å². The molecule has 96 valence electrons. The fourth-order valence-electron chi connectivity index (χ4n) is 1.55. The van der Waals surface area contributed by atoms with Crippen molar-refractivity contribution in [2.24, 2.45) is 11.3 Å². The summed E-state index contributed by atoms with van der Waals surface area (Å²) in [6.45, 7) is 8.73. The third-order valence-corrected chi connectivity index (χ3v) is 3.41. The number of pyridine rings is 1. The molecule has 17 heavy (non-hydrogen) atoms. The van der Waals surface area contributed by atoms with E-state index in [1.54, 1.807) is 19.5 Å². The molecule has 1 N–H and O–H groups in total. The molecule has 2 atom stereocenters. The van der Waals surface area contributed by atoms with Crippen LogP contribution in [0.5, 0.6) is 5.75 Å². The summed E-state index contributed by atoms with van der Waals surface area (Å²) in [5, 5.41) is 10.2. The predicted octanol–water partition coefficient (Wildman–Crippen LogP) is 3.20. The third-order valence-electron chi connectivity index (χ3n) is 3.41. The number of methoxy groups -OCH3 is 1. The maximum atomic E-state index is 10.2.